The predicted octanol–water partition coefficient (Wildman–Crippen LogP) is 1.14. The van der Waals surface area contributed by atoms with E-state index in [1.54, 1.807) is 0 Å². The van der Waals surface area contributed by atoms with Crippen LogP contribution in [0.1, 0.15) is 25.7 Å². The van der Waals surface area contributed by atoms with E-state index < -0.39 is 0 Å². The Hall–Kier alpha value is -0.0900. The van der Waals surface area contributed by atoms with Crippen LogP contribution in [0.15, 0.2) is 0 Å². The number of carbonyl (C=O) groups is 1. The number of likely N-dealkylation sites (tertiary alicyclic amines) is 1. The molecule has 1 N–H and O–H groups in total. The number of amides is 1. The average molecular weight is 262 g/mol. The minimum absolute atomic E-state index is 0.0162. The molecule has 80 valence electrons. The number of rotatable bonds is 2. The summed E-state index contributed by atoms with van der Waals surface area (Å²) in [5.74, 6) is 0.534. The number of carbonyl (C=O) groups excluding carboxylic acids is 1. The Balaban J connectivity index is 2.04. The minimum atomic E-state index is 0.0162. The van der Waals surface area contributed by atoms with Crippen molar-refractivity contribution in [2.75, 3.05) is 13.2 Å². The Labute approximate surface area is 92.6 Å². The van der Waals surface area contributed by atoms with E-state index in [4.69, 9.17) is 0 Å². The van der Waals surface area contributed by atoms with Gasteiger partial charge in [0.1, 0.15) is 0 Å². The molecule has 1 amide bonds. The van der Waals surface area contributed by atoms with Gasteiger partial charge in [-0.3, -0.25) is 4.79 Å². The first-order chi connectivity index (χ1) is 6.74. The predicted molar refractivity (Wildman–Crippen MR) is 57.3 cm³/mol. The lowest BCUT2D eigenvalue weighted by Crippen LogP contribution is -2.41. The first-order valence-corrected chi connectivity index (χ1v) is 6.21. The SMILES string of the molecule is O=C1C(Br)CCN1[C@H]1CCC[C@H]1CO. The van der Waals surface area contributed by atoms with Crippen molar-refractivity contribution < 1.29 is 9.90 Å². The maximum atomic E-state index is 11.8. The maximum absolute atomic E-state index is 11.8. The molecule has 1 saturated heterocycles. The second kappa shape index (κ2) is 4.19. The molecular formula is C10H16BrNO2. The molecule has 2 aliphatic rings. The van der Waals surface area contributed by atoms with E-state index in [2.05, 4.69) is 15.9 Å². The summed E-state index contributed by atoms with van der Waals surface area (Å²) in [6.07, 6.45) is 4.19. The third-order valence-electron chi connectivity index (χ3n) is 3.43. The van der Waals surface area contributed by atoms with Crippen LogP contribution < -0.4 is 0 Å². The van der Waals surface area contributed by atoms with Crippen molar-refractivity contribution in [3.05, 3.63) is 0 Å². The van der Waals surface area contributed by atoms with Crippen LogP contribution in [0, 0.1) is 5.92 Å². The van der Waals surface area contributed by atoms with Gasteiger partial charge in [0, 0.05) is 25.1 Å². The van der Waals surface area contributed by atoms with Gasteiger partial charge in [0.05, 0.1) is 4.83 Å². The number of aliphatic hydroxyl groups excluding tert-OH is 1. The molecule has 0 aromatic rings. The maximum Gasteiger partial charge on any atom is 0.236 e. The largest absolute Gasteiger partial charge is 0.396 e. The van der Waals surface area contributed by atoms with Gasteiger partial charge >= 0.3 is 0 Å². The summed E-state index contributed by atoms with van der Waals surface area (Å²) in [6.45, 7) is 1.08. The minimum Gasteiger partial charge on any atom is -0.396 e. The normalized spacial score (nSPS) is 38.3. The summed E-state index contributed by atoms with van der Waals surface area (Å²) in [5.41, 5.74) is 0. The summed E-state index contributed by atoms with van der Waals surface area (Å²) in [5, 5.41) is 9.20. The van der Waals surface area contributed by atoms with Gasteiger partial charge in [-0.1, -0.05) is 22.4 Å². The van der Waals surface area contributed by atoms with Crippen LogP contribution in [0.2, 0.25) is 0 Å². The molecule has 1 heterocycles. The summed E-state index contributed by atoms with van der Waals surface area (Å²) in [4.78, 5) is 13.7. The van der Waals surface area contributed by atoms with Crippen molar-refractivity contribution in [2.45, 2.75) is 36.6 Å². The van der Waals surface area contributed by atoms with Crippen LogP contribution in [0.25, 0.3) is 0 Å². The monoisotopic (exact) mass is 261 g/mol. The molecule has 0 bridgehead atoms. The summed E-state index contributed by atoms with van der Waals surface area (Å²) >= 11 is 3.38. The van der Waals surface area contributed by atoms with Crippen LogP contribution >= 0.6 is 15.9 Å². The van der Waals surface area contributed by atoms with Gasteiger partial charge in [-0.25, -0.2) is 0 Å². The molecule has 0 aromatic carbocycles. The van der Waals surface area contributed by atoms with Gasteiger partial charge < -0.3 is 10.0 Å². The molecule has 0 aromatic heterocycles. The molecule has 0 spiro atoms. The van der Waals surface area contributed by atoms with Crippen LogP contribution in [0.5, 0.6) is 0 Å². The fourth-order valence-electron chi connectivity index (χ4n) is 2.64. The lowest BCUT2D eigenvalue weighted by Gasteiger charge is -2.28. The number of nitrogens with zero attached hydrogens (tertiary/aromatic N) is 1. The van der Waals surface area contributed by atoms with E-state index in [9.17, 15) is 9.90 Å². The molecule has 3 atom stereocenters. The van der Waals surface area contributed by atoms with Gasteiger partial charge in [0.2, 0.25) is 5.91 Å². The standard InChI is InChI=1S/C10H16BrNO2/c11-8-4-5-12(10(8)14)9-3-1-2-7(9)6-13/h7-9,13H,1-6H2/t7-,8?,9-/m0/s1. The van der Waals surface area contributed by atoms with Crippen molar-refractivity contribution in [2.24, 2.45) is 5.92 Å². The average Bonchev–Trinajstić information content (AvgIpc) is 2.75. The molecule has 1 aliphatic heterocycles. The van der Waals surface area contributed by atoms with Gasteiger partial charge in [0.25, 0.3) is 0 Å². The highest BCUT2D eigenvalue weighted by Crippen LogP contribution is 2.33. The van der Waals surface area contributed by atoms with Gasteiger partial charge in [-0.05, 0) is 19.3 Å². The summed E-state index contributed by atoms with van der Waals surface area (Å²) in [7, 11) is 0. The highest BCUT2D eigenvalue weighted by molar-refractivity contribution is 9.10. The Morgan fingerprint density at radius 1 is 1.43 bits per heavy atom. The van der Waals surface area contributed by atoms with Crippen molar-refractivity contribution in [3.63, 3.8) is 0 Å². The number of hydrogen-bond donors (Lipinski definition) is 1. The quantitative estimate of drug-likeness (QED) is 0.758. The zero-order valence-electron chi connectivity index (χ0n) is 8.16. The van der Waals surface area contributed by atoms with Gasteiger partial charge in [-0.2, -0.15) is 0 Å². The van der Waals surface area contributed by atoms with Crippen LogP contribution in [-0.2, 0) is 4.79 Å². The molecule has 1 unspecified atom stereocenters. The summed E-state index contributed by atoms with van der Waals surface area (Å²) < 4.78 is 0. The van der Waals surface area contributed by atoms with Crippen molar-refractivity contribution >= 4 is 21.8 Å². The first kappa shape index (κ1) is 10.4. The van der Waals surface area contributed by atoms with Crippen molar-refractivity contribution in [3.8, 4) is 0 Å². The second-order valence-electron chi connectivity index (χ2n) is 4.23. The molecule has 0 radical (unpaired) electrons. The number of alkyl halides is 1. The Bertz CT molecular complexity index is 234. The molecule has 4 heteroatoms. The van der Waals surface area contributed by atoms with E-state index in [0.29, 0.717) is 12.0 Å². The zero-order valence-corrected chi connectivity index (χ0v) is 9.74. The highest BCUT2D eigenvalue weighted by atomic mass is 79.9. The van der Waals surface area contributed by atoms with Crippen LogP contribution in [0.4, 0.5) is 0 Å². The molecule has 1 aliphatic carbocycles. The van der Waals surface area contributed by atoms with Gasteiger partial charge in [0.15, 0.2) is 0 Å². The fourth-order valence-corrected chi connectivity index (χ4v) is 3.10. The summed E-state index contributed by atoms with van der Waals surface area (Å²) in [6, 6.07) is 0.301. The van der Waals surface area contributed by atoms with Gasteiger partial charge in [-0.15, -0.1) is 0 Å². The molecule has 14 heavy (non-hydrogen) atoms. The van der Waals surface area contributed by atoms with E-state index in [1.807, 2.05) is 4.90 Å². The number of hydrogen-bond acceptors (Lipinski definition) is 2. The third-order valence-corrected chi connectivity index (χ3v) is 4.28. The zero-order chi connectivity index (χ0) is 10.1. The lowest BCUT2D eigenvalue weighted by atomic mass is 10.0. The topological polar surface area (TPSA) is 40.5 Å². The number of aliphatic hydroxyl groups is 1. The fraction of sp³-hybridized carbons (Fsp3) is 0.900. The molecule has 1 saturated carbocycles. The van der Waals surface area contributed by atoms with E-state index >= 15 is 0 Å². The Morgan fingerprint density at radius 3 is 2.79 bits per heavy atom. The van der Waals surface area contributed by atoms with Crippen LogP contribution in [-0.4, -0.2) is 39.9 Å². The number of halogens is 1. The van der Waals surface area contributed by atoms with E-state index in [-0.39, 0.29) is 17.3 Å². The van der Waals surface area contributed by atoms with Crippen molar-refractivity contribution in [1.82, 2.24) is 4.90 Å². The smallest absolute Gasteiger partial charge is 0.236 e. The highest BCUT2D eigenvalue weighted by Gasteiger charge is 2.39. The lowest BCUT2D eigenvalue weighted by molar-refractivity contribution is -0.130. The second-order valence-corrected chi connectivity index (χ2v) is 5.33. The Morgan fingerprint density at radius 2 is 2.21 bits per heavy atom. The van der Waals surface area contributed by atoms with Crippen LogP contribution in [0.3, 0.4) is 0 Å². The Kier molecular flexibility index (Phi) is 3.12. The molecule has 3 nitrogen and oxygen atoms in total. The molecule has 2 fully saturated rings. The molecular weight excluding hydrogens is 246 g/mol. The first-order valence-electron chi connectivity index (χ1n) is 5.29. The van der Waals surface area contributed by atoms with E-state index in [1.165, 1.54) is 0 Å². The third kappa shape index (κ3) is 1.70. The van der Waals surface area contributed by atoms with E-state index in [0.717, 1.165) is 32.2 Å². The van der Waals surface area contributed by atoms with Crippen molar-refractivity contribution in [1.29, 1.82) is 0 Å². The molecule has 2 rings (SSSR count).